The predicted molar refractivity (Wildman–Crippen MR) is 139 cm³/mol. The third-order valence-electron chi connectivity index (χ3n) is 6.99. The minimum atomic E-state index is -0.367. The summed E-state index contributed by atoms with van der Waals surface area (Å²) in [6, 6.07) is 22.0. The molecular formula is C29H25N5O3. The fourth-order valence-electron chi connectivity index (χ4n) is 5.02. The molecule has 0 bridgehead atoms. The third kappa shape index (κ3) is 4.10. The van der Waals surface area contributed by atoms with Crippen LogP contribution < -0.4 is 4.90 Å². The van der Waals surface area contributed by atoms with E-state index in [4.69, 9.17) is 4.98 Å². The number of aryl methyl sites for hydroxylation is 1. The summed E-state index contributed by atoms with van der Waals surface area (Å²) in [6.45, 7) is 4.47. The zero-order valence-corrected chi connectivity index (χ0v) is 20.4. The molecule has 1 saturated heterocycles. The Morgan fingerprint density at radius 1 is 0.784 bits per heavy atom. The number of carbonyl (C=O) groups is 3. The summed E-state index contributed by atoms with van der Waals surface area (Å²) in [6.07, 6.45) is 0. The molecular weight excluding hydrogens is 466 g/mol. The Kier molecular flexibility index (Phi) is 5.64. The summed E-state index contributed by atoms with van der Waals surface area (Å²) in [5, 5.41) is 0. The largest absolute Gasteiger partial charge is 0.352 e. The van der Waals surface area contributed by atoms with Crippen LogP contribution in [0.25, 0.3) is 11.0 Å². The highest BCUT2D eigenvalue weighted by molar-refractivity contribution is 6.22. The van der Waals surface area contributed by atoms with Gasteiger partial charge in [-0.05, 0) is 42.8 Å². The lowest BCUT2D eigenvalue weighted by Crippen LogP contribution is -2.49. The van der Waals surface area contributed by atoms with Crippen molar-refractivity contribution >= 4 is 34.6 Å². The number of nitrogens with zero attached hydrogens (tertiary/aromatic N) is 5. The minimum Gasteiger partial charge on any atom is -0.352 e. The van der Waals surface area contributed by atoms with Crippen LogP contribution in [0.4, 0.5) is 5.82 Å². The average molecular weight is 492 g/mol. The van der Waals surface area contributed by atoms with Gasteiger partial charge < -0.3 is 9.80 Å². The monoisotopic (exact) mass is 491 g/mol. The Balaban J connectivity index is 1.16. The second-order valence-electron chi connectivity index (χ2n) is 9.34. The van der Waals surface area contributed by atoms with Gasteiger partial charge in [0, 0.05) is 31.7 Å². The van der Waals surface area contributed by atoms with Crippen LogP contribution >= 0.6 is 0 Å². The zero-order valence-electron chi connectivity index (χ0n) is 20.4. The van der Waals surface area contributed by atoms with Crippen LogP contribution in [0.15, 0.2) is 72.8 Å². The molecule has 1 aromatic heterocycles. The quantitative estimate of drug-likeness (QED) is 0.405. The lowest BCUT2D eigenvalue weighted by molar-refractivity contribution is 0.0642. The second-order valence-corrected chi connectivity index (χ2v) is 9.34. The molecule has 2 aliphatic heterocycles. The molecule has 0 saturated carbocycles. The summed E-state index contributed by atoms with van der Waals surface area (Å²) in [5.74, 6) is -0.00604. The van der Waals surface area contributed by atoms with Crippen LogP contribution in [-0.2, 0) is 6.54 Å². The van der Waals surface area contributed by atoms with Crippen molar-refractivity contribution in [3.8, 4) is 0 Å². The van der Waals surface area contributed by atoms with E-state index in [1.807, 2.05) is 61.5 Å². The summed E-state index contributed by atoms with van der Waals surface area (Å²) in [5.41, 5.74) is 4.49. The number of hydrogen-bond donors (Lipinski definition) is 0. The molecule has 184 valence electrons. The van der Waals surface area contributed by atoms with E-state index in [-0.39, 0.29) is 29.8 Å². The Morgan fingerprint density at radius 2 is 1.43 bits per heavy atom. The molecule has 3 aromatic carbocycles. The van der Waals surface area contributed by atoms with Gasteiger partial charge in [0.2, 0.25) is 0 Å². The molecule has 1 fully saturated rings. The number of rotatable bonds is 4. The van der Waals surface area contributed by atoms with Crippen molar-refractivity contribution in [1.29, 1.82) is 0 Å². The van der Waals surface area contributed by atoms with E-state index in [0.717, 1.165) is 28.1 Å². The standard InChI is InChI=1S/C29H25N5O3/c1-19-26(31-25-10-6-5-9-24(25)30-19)32-13-15-33(16-14-32)27(35)21-11-12-22-23(17-21)29(37)34(28(22)36)18-20-7-3-2-4-8-20/h2-12,17H,13-16,18H2,1H3. The molecule has 37 heavy (non-hydrogen) atoms. The number of imide groups is 1. The van der Waals surface area contributed by atoms with Crippen molar-refractivity contribution in [3.63, 3.8) is 0 Å². The molecule has 0 N–H and O–H groups in total. The molecule has 8 heteroatoms. The number of benzene rings is 3. The van der Waals surface area contributed by atoms with Gasteiger partial charge in [0.15, 0.2) is 5.82 Å². The first kappa shape index (κ1) is 22.8. The number of carbonyl (C=O) groups excluding carboxylic acids is 3. The molecule has 2 aliphatic rings. The third-order valence-corrected chi connectivity index (χ3v) is 6.99. The Morgan fingerprint density at radius 3 is 2.16 bits per heavy atom. The minimum absolute atomic E-state index is 0.148. The lowest BCUT2D eigenvalue weighted by atomic mass is 10.0. The molecule has 0 radical (unpaired) electrons. The van der Waals surface area contributed by atoms with E-state index in [1.54, 1.807) is 23.1 Å². The fourth-order valence-corrected chi connectivity index (χ4v) is 5.02. The van der Waals surface area contributed by atoms with Crippen molar-refractivity contribution in [3.05, 3.63) is 101 Å². The molecule has 0 aliphatic carbocycles. The van der Waals surface area contributed by atoms with Gasteiger partial charge in [-0.3, -0.25) is 19.3 Å². The van der Waals surface area contributed by atoms with Gasteiger partial charge in [0.1, 0.15) is 0 Å². The first-order valence-electron chi connectivity index (χ1n) is 12.3. The lowest BCUT2D eigenvalue weighted by Gasteiger charge is -2.36. The van der Waals surface area contributed by atoms with Crippen molar-refractivity contribution in [2.45, 2.75) is 13.5 Å². The van der Waals surface area contributed by atoms with E-state index in [0.29, 0.717) is 37.3 Å². The number of amides is 3. The molecule has 0 spiro atoms. The van der Waals surface area contributed by atoms with Crippen LogP contribution in [0.3, 0.4) is 0 Å². The van der Waals surface area contributed by atoms with Gasteiger partial charge in [-0.25, -0.2) is 9.97 Å². The van der Waals surface area contributed by atoms with E-state index >= 15 is 0 Å². The molecule has 8 nitrogen and oxygen atoms in total. The normalized spacial score (nSPS) is 15.4. The van der Waals surface area contributed by atoms with E-state index in [2.05, 4.69) is 9.88 Å². The summed E-state index contributed by atoms with van der Waals surface area (Å²) < 4.78 is 0. The van der Waals surface area contributed by atoms with Crippen LogP contribution in [0.5, 0.6) is 0 Å². The molecule has 0 unspecified atom stereocenters. The Hall–Kier alpha value is -4.59. The smallest absolute Gasteiger partial charge is 0.261 e. The van der Waals surface area contributed by atoms with Crippen LogP contribution in [0, 0.1) is 6.92 Å². The molecule has 6 rings (SSSR count). The highest BCUT2D eigenvalue weighted by Gasteiger charge is 2.36. The van der Waals surface area contributed by atoms with Crippen molar-refractivity contribution < 1.29 is 14.4 Å². The maximum atomic E-state index is 13.3. The molecule has 3 heterocycles. The molecule has 0 atom stereocenters. The number of piperazine rings is 1. The number of para-hydroxylation sites is 2. The zero-order chi connectivity index (χ0) is 25.5. The van der Waals surface area contributed by atoms with E-state index < -0.39 is 0 Å². The van der Waals surface area contributed by atoms with Gasteiger partial charge in [-0.15, -0.1) is 0 Å². The van der Waals surface area contributed by atoms with Crippen molar-refractivity contribution in [1.82, 2.24) is 19.8 Å². The van der Waals surface area contributed by atoms with Crippen molar-refractivity contribution in [2.24, 2.45) is 0 Å². The second kappa shape index (κ2) is 9.13. The molecule has 3 amide bonds. The topological polar surface area (TPSA) is 86.7 Å². The number of aromatic nitrogens is 2. The highest BCUT2D eigenvalue weighted by atomic mass is 16.2. The summed E-state index contributed by atoms with van der Waals surface area (Å²) in [4.78, 5) is 53.9. The van der Waals surface area contributed by atoms with Gasteiger partial charge in [0.05, 0.1) is 34.4 Å². The highest BCUT2D eigenvalue weighted by Crippen LogP contribution is 2.27. The summed E-state index contributed by atoms with van der Waals surface area (Å²) in [7, 11) is 0. The van der Waals surface area contributed by atoms with Crippen LogP contribution in [0.2, 0.25) is 0 Å². The summed E-state index contributed by atoms with van der Waals surface area (Å²) >= 11 is 0. The van der Waals surface area contributed by atoms with Gasteiger partial charge in [0.25, 0.3) is 17.7 Å². The van der Waals surface area contributed by atoms with Crippen LogP contribution in [-0.4, -0.2) is 63.7 Å². The van der Waals surface area contributed by atoms with E-state index in [1.165, 1.54) is 4.90 Å². The Labute approximate surface area is 214 Å². The predicted octanol–water partition coefficient (Wildman–Crippen LogP) is 3.70. The number of fused-ring (bicyclic) bond motifs is 2. The SMILES string of the molecule is Cc1nc2ccccc2nc1N1CCN(C(=O)c2ccc3c(c2)C(=O)N(Cc2ccccc2)C3=O)CC1. The number of hydrogen-bond acceptors (Lipinski definition) is 6. The first-order valence-corrected chi connectivity index (χ1v) is 12.3. The van der Waals surface area contributed by atoms with Gasteiger partial charge in [-0.1, -0.05) is 42.5 Å². The maximum Gasteiger partial charge on any atom is 0.261 e. The average Bonchev–Trinajstić information content (AvgIpc) is 3.17. The maximum absolute atomic E-state index is 13.3. The first-order chi connectivity index (χ1) is 18.0. The fraction of sp³-hybridized carbons (Fsp3) is 0.207. The van der Waals surface area contributed by atoms with Gasteiger partial charge >= 0.3 is 0 Å². The molecule has 4 aromatic rings. The van der Waals surface area contributed by atoms with Crippen molar-refractivity contribution in [2.75, 3.05) is 31.1 Å². The van der Waals surface area contributed by atoms with E-state index in [9.17, 15) is 14.4 Å². The van der Waals surface area contributed by atoms with Crippen LogP contribution in [0.1, 0.15) is 42.3 Å². The Bertz CT molecular complexity index is 1540. The number of anilines is 1. The van der Waals surface area contributed by atoms with Gasteiger partial charge in [-0.2, -0.15) is 0 Å².